The Morgan fingerprint density at radius 3 is 2.00 bits per heavy atom. The highest BCUT2D eigenvalue weighted by Gasteiger charge is 2.49. The van der Waals surface area contributed by atoms with E-state index >= 15 is 0 Å². The highest BCUT2D eigenvalue weighted by molar-refractivity contribution is 5.86. The van der Waals surface area contributed by atoms with Crippen molar-refractivity contribution in [3.05, 3.63) is 0 Å². The average molecular weight is 343 g/mol. The Labute approximate surface area is 143 Å². The molecule has 0 spiro atoms. The van der Waals surface area contributed by atoms with E-state index < -0.39 is 23.6 Å². The third kappa shape index (κ3) is 5.11. The molecule has 24 heavy (non-hydrogen) atoms. The molecule has 0 heterocycles. The molecule has 1 aliphatic rings. The Balaban J connectivity index is 3.02. The van der Waals surface area contributed by atoms with Gasteiger partial charge in [0.1, 0.15) is 5.54 Å². The molecule has 138 valence electrons. The largest absolute Gasteiger partial charge is 0.466 e. The minimum absolute atomic E-state index is 0.0216. The standard InChI is InChI=1S/C17H29NO6/c1-4-22-14(19)10-13-18(16(21)24-6-3)17(15(20)23-5-2)11-8-7-9-12-17/h4-13H2,1-3H3. The molecule has 7 heteroatoms. The molecule has 0 aromatic rings. The Morgan fingerprint density at radius 1 is 0.875 bits per heavy atom. The smallest absolute Gasteiger partial charge is 0.410 e. The lowest BCUT2D eigenvalue weighted by atomic mass is 9.80. The van der Waals surface area contributed by atoms with E-state index in [1.807, 2.05) is 0 Å². The van der Waals surface area contributed by atoms with Crippen molar-refractivity contribution >= 4 is 18.0 Å². The van der Waals surface area contributed by atoms with Crippen LogP contribution in [0.25, 0.3) is 0 Å². The molecule has 1 fully saturated rings. The first-order chi connectivity index (χ1) is 11.5. The zero-order valence-corrected chi connectivity index (χ0v) is 15.0. The summed E-state index contributed by atoms with van der Waals surface area (Å²) in [6.07, 6.45) is 3.14. The summed E-state index contributed by atoms with van der Waals surface area (Å²) >= 11 is 0. The molecule has 0 aliphatic heterocycles. The summed E-state index contributed by atoms with van der Waals surface area (Å²) in [7, 11) is 0. The molecule has 1 aliphatic carbocycles. The maximum Gasteiger partial charge on any atom is 0.410 e. The zero-order valence-electron chi connectivity index (χ0n) is 15.0. The minimum Gasteiger partial charge on any atom is -0.466 e. The first-order valence-corrected chi connectivity index (χ1v) is 8.79. The number of esters is 2. The van der Waals surface area contributed by atoms with Crippen LogP contribution in [0.4, 0.5) is 4.79 Å². The van der Waals surface area contributed by atoms with Crippen LogP contribution in [-0.4, -0.2) is 54.8 Å². The maximum absolute atomic E-state index is 12.7. The van der Waals surface area contributed by atoms with Crippen molar-refractivity contribution in [2.45, 2.75) is 64.8 Å². The summed E-state index contributed by atoms with van der Waals surface area (Å²) in [5, 5.41) is 0. The first kappa shape index (κ1) is 20.3. The van der Waals surface area contributed by atoms with Crippen LogP contribution in [0.15, 0.2) is 0 Å². The number of nitrogens with zero attached hydrogens (tertiary/aromatic N) is 1. The van der Waals surface area contributed by atoms with Crippen LogP contribution in [0.5, 0.6) is 0 Å². The number of hydrogen-bond donors (Lipinski definition) is 0. The van der Waals surface area contributed by atoms with E-state index in [0.717, 1.165) is 19.3 Å². The monoisotopic (exact) mass is 343 g/mol. The Morgan fingerprint density at radius 2 is 1.46 bits per heavy atom. The first-order valence-electron chi connectivity index (χ1n) is 8.79. The normalized spacial score (nSPS) is 16.1. The van der Waals surface area contributed by atoms with Gasteiger partial charge in [0.25, 0.3) is 0 Å². The van der Waals surface area contributed by atoms with Gasteiger partial charge in [0.05, 0.1) is 26.2 Å². The molecular weight excluding hydrogens is 314 g/mol. The molecule has 0 radical (unpaired) electrons. The lowest BCUT2D eigenvalue weighted by Crippen LogP contribution is -2.59. The van der Waals surface area contributed by atoms with Crippen LogP contribution in [0.1, 0.15) is 59.3 Å². The van der Waals surface area contributed by atoms with E-state index in [2.05, 4.69) is 0 Å². The highest BCUT2D eigenvalue weighted by Crippen LogP contribution is 2.35. The molecule has 0 bridgehead atoms. The third-order valence-corrected chi connectivity index (χ3v) is 4.19. The number of rotatable bonds is 8. The summed E-state index contributed by atoms with van der Waals surface area (Å²) in [4.78, 5) is 38.2. The van der Waals surface area contributed by atoms with E-state index in [9.17, 15) is 14.4 Å². The van der Waals surface area contributed by atoms with Gasteiger partial charge in [-0.05, 0) is 33.6 Å². The van der Waals surface area contributed by atoms with Gasteiger partial charge in [0.2, 0.25) is 0 Å². The van der Waals surface area contributed by atoms with Crippen molar-refractivity contribution in [1.82, 2.24) is 4.90 Å². The summed E-state index contributed by atoms with van der Waals surface area (Å²) in [5.41, 5.74) is -1.05. The fourth-order valence-electron chi connectivity index (χ4n) is 3.10. The van der Waals surface area contributed by atoms with Crippen LogP contribution in [0.2, 0.25) is 0 Å². The van der Waals surface area contributed by atoms with E-state index in [1.54, 1.807) is 20.8 Å². The fourth-order valence-corrected chi connectivity index (χ4v) is 3.10. The topological polar surface area (TPSA) is 82.1 Å². The molecule has 0 saturated heterocycles. The van der Waals surface area contributed by atoms with Crippen LogP contribution in [0, 0.1) is 0 Å². The van der Waals surface area contributed by atoms with Crippen molar-refractivity contribution in [2.75, 3.05) is 26.4 Å². The summed E-state index contributed by atoms with van der Waals surface area (Å²) < 4.78 is 15.3. The molecule has 1 amide bonds. The summed E-state index contributed by atoms with van der Waals surface area (Å²) in [6, 6.07) is 0. The van der Waals surface area contributed by atoms with E-state index in [-0.39, 0.29) is 32.8 Å². The third-order valence-electron chi connectivity index (χ3n) is 4.19. The number of carbonyl (C=O) groups is 3. The van der Waals surface area contributed by atoms with Gasteiger partial charge in [-0.3, -0.25) is 9.69 Å². The second kappa shape index (κ2) is 10.2. The van der Waals surface area contributed by atoms with Crippen molar-refractivity contribution in [3.63, 3.8) is 0 Å². The van der Waals surface area contributed by atoms with Crippen molar-refractivity contribution < 1.29 is 28.6 Å². The molecule has 1 saturated carbocycles. The second-order valence-corrected chi connectivity index (χ2v) is 5.72. The lowest BCUT2D eigenvalue weighted by molar-refractivity contribution is -0.160. The van der Waals surface area contributed by atoms with Gasteiger partial charge in [-0.15, -0.1) is 0 Å². The molecule has 0 unspecified atom stereocenters. The lowest BCUT2D eigenvalue weighted by Gasteiger charge is -2.43. The predicted molar refractivity (Wildman–Crippen MR) is 87.4 cm³/mol. The zero-order chi connectivity index (χ0) is 18.0. The second-order valence-electron chi connectivity index (χ2n) is 5.72. The number of amides is 1. The van der Waals surface area contributed by atoms with Crippen LogP contribution < -0.4 is 0 Å². The van der Waals surface area contributed by atoms with Gasteiger partial charge >= 0.3 is 18.0 Å². The van der Waals surface area contributed by atoms with Gasteiger partial charge in [-0.1, -0.05) is 19.3 Å². The van der Waals surface area contributed by atoms with E-state index in [4.69, 9.17) is 14.2 Å². The van der Waals surface area contributed by atoms with Gasteiger partial charge in [-0.25, -0.2) is 9.59 Å². The van der Waals surface area contributed by atoms with Crippen LogP contribution in [0.3, 0.4) is 0 Å². The molecule has 0 atom stereocenters. The predicted octanol–water partition coefficient (Wildman–Crippen LogP) is 2.66. The fraction of sp³-hybridized carbons (Fsp3) is 0.824. The SMILES string of the molecule is CCOC(=O)CCN(C(=O)OCC)C1(C(=O)OCC)CCCCC1. The van der Waals surface area contributed by atoms with E-state index in [0.29, 0.717) is 12.8 Å². The van der Waals surface area contributed by atoms with Gasteiger partial charge in [-0.2, -0.15) is 0 Å². The van der Waals surface area contributed by atoms with Crippen molar-refractivity contribution in [2.24, 2.45) is 0 Å². The van der Waals surface area contributed by atoms with Gasteiger partial charge in [0.15, 0.2) is 0 Å². The number of carbonyl (C=O) groups excluding carboxylic acids is 3. The van der Waals surface area contributed by atoms with Crippen molar-refractivity contribution in [1.29, 1.82) is 0 Å². The van der Waals surface area contributed by atoms with E-state index in [1.165, 1.54) is 4.90 Å². The molecule has 0 aromatic carbocycles. The Hall–Kier alpha value is -1.79. The number of ether oxygens (including phenoxy) is 3. The molecular formula is C17H29NO6. The minimum atomic E-state index is -1.05. The Kier molecular flexibility index (Phi) is 8.57. The van der Waals surface area contributed by atoms with Crippen molar-refractivity contribution in [3.8, 4) is 0 Å². The maximum atomic E-state index is 12.7. The van der Waals surface area contributed by atoms with Crippen LogP contribution in [-0.2, 0) is 23.8 Å². The van der Waals surface area contributed by atoms with Gasteiger partial charge < -0.3 is 14.2 Å². The highest BCUT2D eigenvalue weighted by atomic mass is 16.6. The summed E-state index contributed by atoms with van der Waals surface area (Å²) in [5.74, 6) is -0.816. The Bertz CT molecular complexity index is 431. The molecule has 0 aromatic heterocycles. The average Bonchev–Trinajstić information content (AvgIpc) is 2.56. The molecule has 0 N–H and O–H groups in total. The summed E-state index contributed by atoms with van der Waals surface area (Å²) in [6.45, 7) is 5.98. The number of hydrogen-bond acceptors (Lipinski definition) is 6. The van der Waals surface area contributed by atoms with Gasteiger partial charge in [0, 0.05) is 6.54 Å². The van der Waals surface area contributed by atoms with Crippen LogP contribution >= 0.6 is 0 Å². The molecule has 7 nitrogen and oxygen atoms in total. The quantitative estimate of drug-likeness (QED) is 0.498. The molecule has 1 rings (SSSR count).